The van der Waals surface area contributed by atoms with Gasteiger partial charge in [-0.1, -0.05) is 0 Å². The number of allylic oxidation sites excluding steroid dienone is 1. The predicted octanol–water partition coefficient (Wildman–Crippen LogP) is 3.98. The van der Waals surface area contributed by atoms with E-state index in [2.05, 4.69) is 0 Å². The van der Waals surface area contributed by atoms with Crippen molar-refractivity contribution in [1.29, 1.82) is 0 Å². The molecule has 0 saturated carbocycles. The highest BCUT2D eigenvalue weighted by Crippen LogP contribution is 2.38. The van der Waals surface area contributed by atoms with Gasteiger partial charge in [0, 0.05) is 15.3 Å². The van der Waals surface area contributed by atoms with Crippen LogP contribution in [0.1, 0.15) is 20.1 Å². The van der Waals surface area contributed by atoms with Crippen molar-refractivity contribution < 1.29 is 19.0 Å². The molecule has 2 aromatic rings. The fourth-order valence-corrected chi connectivity index (χ4v) is 2.80. The van der Waals surface area contributed by atoms with Crippen molar-refractivity contribution in [2.45, 2.75) is 6.92 Å². The third-order valence-electron chi connectivity index (χ3n) is 3.11. The Morgan fingerprint density at radius 2 is 1.68 bits per heavy atom. The van der Waals surface area contributed by atoms with Crippen LogP contribution in [0.25, 0.3) is 6.08 Å². The summed E-state index contributed by atoms with van der Waals surface area (Å²) in [4.78, 5) is 14.6. The minimum absolute atomic E-state index is 0.120. The number of hydrogen-bond acceptors (Lipinski definition) is 5. The molecule has 0 bridgehead atoms. The van der Waals surface area contributed by atoms with Crippen LogP contribution in [0.5, 0.6) is 17.2 Å². The first-order valence-corrected chi connectivity index (χ1v) is 7.49. The Morgan fingerprint density at radius 1 is 1.05 bits per heavy atom. The van der Waals surface area contributed by atoms with E-state index in [-0.39, 0.29) is 5.78 Å². The molecule has 0 spiro atoms. The van der Waals surface area contributed by atoms with Gasteiger partial charge in [-0.3, -0.25) is 4.79 Å². The summed E-state index contributed by atoms with van der Waals surface area (Å²) in [5.74, 6) is 1.28. The molecular formula is C17H18O4S. The predicted molar refractivity (Wildman–Crippen MR) is 88.5 cm³/mol. The van der Waals surface area contributed by atoms with E-state index in [9.17, 15) is 4.79 Å². The molecule has 22 heavy (non-hydrogen) atoms. The molecule has 0 unspecified atom stereocenters. The number of carbonyl (C=O) groups is 1. The number of aryl methyl sites for hydroxylation is 1. The van der Waals surface area contributed by atoms with E-state index in [0.29, 0.717) is 22.8 Å². The van der Waals surface area contributed by atoms with Gasteiger partial charge in [-0.2, -0.15) is 0 Å². The van der Waals surface area contributed by atoms with E-state index in [0.717, 1.165) is 4.88 Å². The number of ketones is 1. The Balaban J connectivity index is 2.31. The number of thiophene rings is 1. The maximum atomic E-state index is 12.3. The van der Waals surface area contributed by atoms with Gasteiger partial charge in [0.1, 0.15) is 0 Å². The SMILES string of the molecule is COc1cc(C(=O)/C=C/c2ccc(C)s2)cc(OC)c1OC. The zero-order valence-corrected chi connectivity index (χ0v) is 13.8. The quantitative estimate of drug-likeness (QED) is 0.597. The minimum Gasteiger partial charge on any atom is -0.493 e. The summed E-state index contributed by atoms with van der Waals surface area (Å²) in [6.07, 6.45) is 3.36. The average molecular weight is 318 g/mol. The molecule has 0 saturated heterocycles. The van der Waals surface area contributed by atoms with E-state index in [4.69, 9.17) is 14.2 Å². The van der Waals surface area contributed by atoms with Crippen molar-refractivity contribution in [2.75, 3.05) is 21.3 Å². The first-order chi connectivity index (χ1) is 10.6. The highest BCUT2D eigenvalue weighted by Gasteiger charge is 2.15. The van der Waals surface area contributed by atoms with Crippen molar-refractivity contribution in [1.82, 2.24) is 0 Å². The van der Waals surface area contributed by atoms with Gasteiger partial charge < -0.3 is 14.2 Å². The van der Waals surface area contributed by atoms with Crippen LogP contribution in [0, 0.1) is 6.92 Å². The van der Waals surface area contributed by atoms with Crippen LogP contribution < -0.4 is 14.2 Å². The Hall–Kier alpha value is -2.27. The van der Waals surface area contributed by atoms with Crippen LogP contribution in [0.15, 0.2) is 30.3 Å². The van der Waals surface area contributed by atoms with Gasteiger partial charge in [0.05, 0.1) is 21.3 Å². The number of ether oxygens (including phenoxy) is 3. The van der Waals surface area contributed by atoms with Crippen LogP contribution in [0.4, 0.5) is 0 Å². The van der Waals surface area contributed by atoms with Crippen molar-refractivity contribution in [2.24, 2.45) is 0 Å². The second-order valence-electron chi connectivity index (χ2n) is 4.56. The molecular weight excluding hydrogens is 300 g/mol. The average Bonchev–Trinajstić information content (AvgIpc) is 2.96. The lowest BCUT2D eigenvalue weighted by atomic mass is 10.1. The zero-order valence-electron chi connectivity index (χ0n) is 13.0. The summed E-state index contributed by atoms with van der Waals surface area (Å²) in [7, 11) is 4.58. The molecule has 0 atom stereocenters. The van der Waals surface area contributed by atoms with Gasteiger partial charge in [0.25, 0.3) is 0 Å². The van der Waals surface area contributed by atoms with Crippen LogP contribution in [-0.4, -0.2) is 27.1 Å². The lowest BCUT2D eigenvalue weighted by Gasteiger charge is -2.13. The van der Waals surface area contributed by atoms with Gasteiger partial charge in [-0.05, 0) is 43.3 Å². The Labute approximate surface area is 133 Å². The van der Waals surface area contributed by atoms with Crippen molar-refractivity contribution in [3.63, 3.8) is 0 Å². The first kappa shape index (κ1) is 16.1. The molecule has 0 N–H and O–H groups in total. The maximum absolute atomic E-state index is 12.3. The molecule has 5 heteroatoms. The Kier molecular flexibility index (Phi) is 5.22. The topological polar surface area (TPSA) is 44.8 Å². The summed E-state index contributed by atoms with van der Waals surface area (Å²) in [6, 6.07) is 7.30. The highest BCUT2D eigenvalue weighted by molar-refractivity contribution is 7.12. The van der Waals surface area contributed by atoms with E-state index in [1.807, 2.05) is 25.1 Å². The fraction of sp³-hybridized carbons (Fsp3) is 0.235. The summed E-state index contributed by atoms with van der Waals surface area (Å²) in [5.41, 5.74) is 0.485. The number of hydrogen-bond donors (Lipinski definition) is 0. The van der Waals surface area contributed by atoms with Gasteiger partial charge >= 0.3 is 0 Å². The summed E-state index contributed by atoms with van der Waals surface area (Å²) >= 11 is 1.64. The van der Waals surface area contributed by atoms with Gasteiger partial charge in [0.2, 0.25) is 5.75 Å². The normalized spacial score (nSPS) is 10.7. The van der Waals surface area contributed by atoms with Crippen molar-refractivity contribution in [3.8, 4) is 17.2 Å². The molecule has 1 heterocycles. The van der Waals surface area contributed by atoms with Crippen LogP contribution in [-0.2, 0) is 0 Å². The molecule has 0 amide bonds. The largest absolute Gasteiger partial charge is 0.493 e. The standard InChI is InChI=1S/C17H18O4S/c1-11-5-6-13(22-11)7-8-14(18)12-9-15(19-2)17(21-4)16(10-12)20-3/h5-10H,1-4H3/b8-7+. The smallest absolute Gasteiger partial charge is 0.203 e. The fourth-order valence-electron chi connectivity index (χ4n) is 2.02. The monoisotopic (exact) mass is 318 g/mol. The Bertz CT molecular complexity index is 675. The van der Waals surface area contributed by atoms with Gasteiger partial charge in [0.15, 0.2) is 17.3 Å². The number of methoxy groups -OCH3 is 3. The molecule has 0 aliphatic rings. The lowest BCUT2D eigenvalue weighted by molar-refractivity contribution is 0.104. The van der Waals surface area contributed by atoms with E-state index < -0.39 is 0 Å². The van der Waals surface area contributed by atoms with Crippen molar-refractivity contribution in [3.05, 3.63) is 45.7 Å². The lowest BCUT2D eigenvalue weighted by Crippen LogP contribution is -2.00. The van der Waals surface area contributed by atoms with Crippen LogP contribution >= 0.6 is 11.3 Å². The summed E-state index contributed by atoms with van der Waals surface area (Å²) < 4.78 is 15.8. The first-order valence-electron chi connectivity index (χ1n) is 6.68. The summed E-state index contributed by atoms with van der Waals surface area (Å²) in [6.45, 7) is 2.03. The van der Waals surface area contributed by atoms with E-state index >= 15 is 0 Å². The third-order valence-corrected chi connectivity index (χ3v) is 4.08. The molecule has 116 valence electrons. The van der Waals surface area contributed by atoms with E-state index in [1.165, 1.54) is 26.2 Å². The second kappa shape index (κ2) is 7.13. The highest BCUT2D eigenvalue weighted by atomic mass is 32.1. The van der Waals surface area contributed by atoms with E-state index in [1.54, 1.807) is 29.5 Å². The molecule has 4 nitrogen and oxygen atoms in total. The van der Waals surface area contributed by atoms with Gasteiger partial charge in [-0.15, -0.1) is 11.3 Å². The van der Waals surface area contributed by atoms with Gasteiger partial charge in [-0.25, -0.2) is 0 Å². The van der Waals surface area contributed by atoms with Crippen molar-refractivity contribution >= 4 is 23.2 Å². The number of carbonyl (C=O) groups excluding carboxylic acids is 1. The molecule has 0 fully saturated rings. The minimum atomic E-state index is -0.120. The molecule has 0 radical (unpaired) electrons. The molecule has 1 aromatic carbocycles. The molecule has 0 aliphatic carbocycles. The van der Waals surface area contributed by atoms with Crippen LogP contribution in [0.3, 0.4) is 0 Å². The molecule has 1 aromatic heterocycles. The Morgan fingerprint density at radius 3 is 2.14 bits per heavy atom. The number of benzene rings is 1. The zero-order chi connectivity index (χ0) is 16.1. The molecule has 0 aliphatic heterocycles. The van der Waals surface area contributed by atoms with Crippen LogP contribution in [0.2, 0.25) is 0 Å². The maximum Gasteiger partial charge on any atom is 0.203 e. The third kappa shape index (κ3) is 3.49. The number of rotatable bonds is 6. The molecule has 2 rings (SSSR count). The summed E-state index contributed by atoms with van der Waals surface area (Å²) in [5, 5.41) is 0. The second-order valence-corrected chi connectivity index (χ2v) is 5.88.